The number of halogens is 2. The quantitative estimate of drug-likeness (QED) is 0.617. The molecule has 0 atom stereocenters. The second-order valence-electron chi connectivity index (χ2n) is 3.53. The molecule has 0 saturated heterocycles. The van der Waals surface area contributed by atoms with Crippen molar-refractivity contribution in [1.29, 1.82) is 0 Å². The minimum atomic E-state index is -2.67. The summed E-state index contributed by atoms with van der Waals surface area (Å²) >= 11 is 11.8. The van der Waals surface area contributed by atoms with Gasteiger partial charge in [0.2, 0.25) is 10.3 Å². The number of benzene rings is 1. The zero-order chi connectivity index (χ0) is 14.2. The van der Waals surface area contributed by atoms with E-state index in [0.29, 0.717) is 5.02 Å². The minimum Gasteiger partial charge on any atom is -0.461 e. The van der Waals surface area contributed by atoms with Crippen LogP contribution in [0.2, 0.25) is 10.0 Å². The molecular weight excluding hydrogens is 313 g/mol. The topological polar surface area (TPSA) is 72.8 Å². The number of hydrogen-bond donors (Lipinski definition) is 0. The Kier molecular flexibility index (Phi) is 3.93. The van der Waals surface area contributed by atoms with Crippen LogP contribution in [0.1, 0.15) is 12.5 Å². The summed E-state index contributed by atoms with van der Waals surface area (Å²) in [6.45, 7) is 1.72. The van der Waals surface area contributed by atoms with Crippen LogP contribution in [-0.4, -0.2) is 31.6 Å². The van der Waals surface area contributed by atoms with Crippen LogP contribution in [0.25, 0.3) is 0 Å². The number of rotatable bonds is 2. The first kappa shape index (κ1) is 14.0. The molecule has 1 aliphatic rings. The predicted octanol–water partition coefficient (Wildman–Crippen LogP) is 2.04. The molecular formula is C11H7Cl2NO4S. The lowest BCUT2D eigenvalue weighted by Gasteiger charge is -2.02. The average molecular weight is 320 g/mol. The predicted molar refractivity (Wildman–Crippen MR) is 73.2 cm³/mol. The van der Waals surface area contributed by atoms with E-state index in [2.05, 4.69) is 4.99 Å². The molecule has 8 heteroatoms. The van der Waals surface area contributed by atoms with Crippen molar-refractivity contribution >= 4 is 55.7 Å². The highest BCUT2D eigenvalue weighted by atomic mass is 35.5. The maximum atomic E-state index is 11.7. The van der Waals surface area contributed by atoms with Gasteiger partial charge in [-0.15, -0.1) is 0 Å². The van der Waals surface area contributed by atoms with E-state index in [1.807, 2.05) is 0 Å². The highest BCUT2D eigenvalue weighted by molar-refractivity contribution is 7.76. The molecule has 0 N–H and O–H groups in total. The number of fused-ring (bicyclic) bond motifs is 1. The van der Waals surface area contributed by atoms with Crippen LogP contribution in [0.5, 0.6) is 0 Å². The van der Waals surface area contributed by atoms with Crippen molar-refractivity contribution in [1.82, 2.24) is 0 Å². The summed E-state index contributed by atoms with van der Waals surface area (Å²) in [7, 11) is -2.67. The smallest absolute Gasteiger partial charge is 0.358 e. The van der Waals surface area contributed by atoms with Crippen molar-refractivity contribution in [2.75, 3.05) is 6.61 Å². The van der Waals surface area contributed by atoms with Crippen molar-refractivity contribution in [2.45, 2.75) is 6.92 Å². The summed E-state index contributed by atoms with van der Waals surface area (Å²) in [4.78, 5) is 15.4. The Morgan fingerprint density at radius 1 is 1.37 bits per heavy atom. The lowest BCUT2D eigenvalue weighted by molar-refractivity contribution is -0.134. The average Bonchev–Trinajstić information content (AvgIpc) is 2.68. The second-order valence-corrected chi connectivity index (χ2v) is 5.25. The van der Waals surface area contributed by atoms with E-state index in [-0.39, 0.29) is 33.5 Å². The lowest BCUT2D eigenvalue weighted by atomic mass is 10.1. The number of aliphatic imine (C=N–C) groups is 1. The molecule has 1 heterocycles. The van der Waals surface area contributed by atoms with Crippen molar-refractivity contribution in [3.63, 3.8) is 0 Å². The third-order valence-corrected chi connectivity index (χ3v) is 3.59. The summed E-state index contributed by atoms with van der Waals surface area (Å²) in [6, 6.07) is 2.82. The van der Waals surface area contributed by atoms with E-state index < -0.39 is 16.3 Å². The van der Waals surface area contributed by atoms with Gasteiger partial charge in [0.15, 0.2) is 5.71 Å². The second kappa shape index (κ2) is 5.32. The normalized spacial score (nSPS) is 13.0. The van der Waals surface area contributed by atoms with Gasteiger partial charge in [-0.2, -0.15) is 8.42 Å². The summed E-state index contributed by atoms with van der Waals surface area (Å²) in [5.74, 6) is -0.815. The fourth-order valence-electron chi connectivity index (χ4n) is 1.66. The van der Waals surface area contributed by atoms with E-state index in [4.69, 9.17) is 27.9 Å². The summed E-state index contributed by atoms with van der Waals surface area (Å²) in [6.07, 6.45) is 0. The molecule has 1 aromatic carbocycles. The van der Waals surface area contributed by atoms with E-state index in [0.717, 1.165) is 0 Å². The van der Waals surface area contributed by atoms with Crippen LogP contribution in [0, 0.1) is 0 Å². The zero-order valence-corrected chi connectivity index (χ0v) is 11.9. The number of hydrogen-bond acceptors (Lipinski definition) is 5. The molecule has 19 heavy (non-hydrogen) atoms. The van der Waals surface area contributed by atoms with E-state index in [1.165, 1.54) is 12.1 Å². The van der Waals surface area contributed by atoms with Gasteiger partial charge in [0.05, 0.1) is 17.3 Å². The van der Waals surface area contributed by atoms with Gasteiger partial charge in [-0.1, -0.05) is 23.2 Å². The molecule has 0 spiro atoms. The molecule has 0 amide bonds. The molecule has 5 nitrogen and oxygen atoms in total. The SMILES string of the molecule is CCOC(=O)C1=Nc2cc(Cl)cc(Cl)c2C1=S(=O)=O. The summed E-state index contributed by atoms with van der Waals surface area (Å²) in [5.41, 5.74) is 0.122. The van der Waals surface area contributed by atoms with E-state index in [9.17, 15) is 13.2 Å². The molecule has 0 saturated carbocycles. The van der Waals surface area contributed by atoms with Crippen LogP contribution in [0.4, 0.5) is 5.69 Å². The molecule has 0 bridgehead atoms. The molecule has 2 rings (SSSR count). The molecule has 0 aliphatic carbocycles. The van der Waals surface area contributed by atoms with Crippen LogP contribution in [0.3, 0.4) is 0 Å². The van der Waals surface area contributed by atoms with Crippen LogP contribution in [0.15, 0.2) is 17.1 Å². The number of carbonyl (C=O) groups is 1. The molecule has 0 aromatic heterocycles. The van der Waals surface area contributed by atoms with E-state index in [1.54, 1.807) is 6.92 Å². The lowest BCUT2D eigenvalue weighted by Crippen LogP contribution is -2.25. The van der Waals surface area contributed by atoms with Gasteiger partial charge in [-0.3, -0.25) is 0 Å². The maximum Gasteiger partial charge on any atom is 0.358 e. The molecule has 0 radical (unpaired) electrons. The molecule has 100 valence electrons. The zero-order valence-electron chi connectivity index (χ0n) is 9.61. The van der Waals surface area contributed by atoms with Gasteiger partial charge in [-0.05, 0) is 19.1 Å². The minimum absolute atomic E-state index is 0.113. The molecule has 1 aliphatic heterocycles. The van der Waals surface area contributed by atoms with Crippen molar-refractivity contribution in [3.8, 4) is 0 Å². The standard InChI is InChI=1S/C11H7Cl2NO4S/c1-2-18-11(15)9-10(19(16)17)8-6(13)3-5(12)4-7(8)14-9/h3-4H,2H2,1H3. The number of ether oxygens (including phenoxy) is 1. The first-order chi connectivity index (χ1) is 8.95. The molecule has 0 unspecified atom stereocenters. The van der Waals surface area contributed by atoms with Crippen molar-refractivity contribution in [2.24, 2.45) is 4.99 Å². The van der Waals surface area contributed by atoms with Gasteiger partial charge in [0, 0.05) is 10.6 Å². The van der Waals surface area contributed by atoms with Crippen molar-refractivity contribution < 1.29 is 17.9 Å². The van der Waals surface area contributed by atoms with Crippen LogP contribution >= 0.6 is 23.2 Å². The number of carbonyl (C=O) groups excluding carboxylic acids is 1. The monoisotopic (exact) mass is 319 g/mol. The van der Waals surface area contributed by atoms with Crippen molar-refractivity contribution in [3.05, 3.63) is 27.7 Å². The Morgan fingerprint density at radius 3 is 2.63 bits per heavy atom. The largest absolute Gasteiger partial charge is 0.461 e. The Morgan fingerprint density at radius 2 is 2.05 bits per heavy atom. The van der Waals surface area contributed by atoms with Gasteiger partial charge in [0.25, 0.3) is 0 Å². The Balaban J connectivity index is 2.69. The first-order valence-electron chi connectivity index (χ1n) is 5.17. The number of esters is 1. The van der Waals surface area contributed by atoms with Gasteiger partial charge >= 0.3 is 5.97 Å². The van der Waals surface area contributed by atoms with Gasteiger partial charge in [0.1, 0.15) is 4.86 Å². The molecule has 1 aromatic rings. The van der Waals surface area contributed by atoms with Gasteiger partial charge < -0.3 is 4.74 Å². The maximum absolute atomic E-state index is 11.7. The molecule has 0 fully saturated rings. The summed E-state index contributed by atoms with van der Waals surface area (Å²) in [5, 5.41) is 0.415. The Bertz CT molecular complexity index is 729. The fraction of sp³-hybridized carbons (Fsp3) is 0.182. The summed E-state index contributed by atoms with van der Waals surface area (Å²) < 4.78 is 27.4. The Labute approximate surface area is 120 Å². The van der Waals surface area contributed by atoms with E-state index >= 15 is 0 Å². The highest BCUT2D eigenvalue weighted by Crippen LogP contribution is 2.36. The highest BCUT2D eigenvalue weighted by Gasteiger charge is 2.32. The third-order valence-electron chi connectivity index (χ3n) is 2.34. The number of nitrogens with zero attached hydrogens (tertiary/aromatic N) is 1. The Hall–Kier alpha value is -1.37. The fourth-order valence-corrected chi connectivity index (χ4v) is 2.96. The third kappa shape index (κ3) is 2.51. The van der Waals surface area contributed by atoms with Crippen LogP contribution < -0.4 is 0 Å². The van der Waals surface area contributed by atoms with Gasteiger partial charge in [-0.25, -0.2) is 9.79 Å². The van der Waals surface area contributed by atoms with Crippen LogP contribution in [-0.2, 0) is 19.8 Å². The first-order valence-corrected chi connectivity index (χ1v) is 7.00.